The van der Waals surface area contributed by atoms with Crippen LogP contribution in [0.5, 0.6) is 0 Å². The van der Waals surface area contributed by atoms with E-state index in [9.17, 15) is 5.21 Å². The van der Waals surface area contributed by atoms with Crippen LogP contribution in [0.2, 0.25) is 5.02 Å². The summed E-state index contributed by atoms with van der Waals surface area (Å²) in [5.41, 5.74) is 1.62. The smallest absolute Gasteiger partial charge is 0.270 e. The number of aromatic nitrogens is 4. The van der Waals surface area contributed by atoms with E-state index < -0.39 is 0 Å². The number of nitrogens with zero attached hydrogens (tertiary/aromatic N) is 4. The molecule has 2 aromatic heterocycles. The van der Waals surface area contributed by atoms with Crippen LogP contribution in [0.25, 0.3) is 16.7 Å². The average Bonchev–Trinajstić information content (AvgIpc) is 2.61. The topological polar surface area (TPSA) is 57.1 Å². The van der Waals surface area contributed by atoms with Gasteiger partial charge in [-0.3, -0.25) is 0 Å². The minimum absolute atomic E-state index is 0.441. The highest BCUT2D eigenvalue weighted by Gasteiger charge is 2.14. The SMILES string of the molecule is [O-][n+]1nc2c(I)cnn2c2cc(Cl)ccc21. The third-order valence-corrected chi connectivity index (χ3v) is 3.25. The van der Waals surface area contributed by atoms with Gasteiger partial charge in [0, 0.05) is 16.2 Å². The third kappa shape index (κ3) is 1.33. The van der Waals surface area contributed by atoms with E-state index in [1.807, 2.05) is 0 Å². The van der Waals surface area contributed by atoms with Crippen LogP contribution in [0, 0.1) is 8.78 Å². The zero-order valence-electron chi connectivity index (χ0n) is 7.76. The lowest BCUT2D eigenvalue weighted by atomic mass is 10.3. The minimum atomic E-state index is 0.441. The van der Waals surface area contributed by atoms with Crippen molar-refractivity contribution in [3.8, 4) is 0 Å². The first kappa shape index (κ1) is 10.0. The quantitative estimate of drug-likeness (QED) is 0.354. The van der Waals surface area contributed by atoms with Crippen molar-refractivity contribution in [3.05, 3.63) is 38.2 Å². The van der Waals surface area contributed by atoms with E-state index in [0.717, 1.165) is 3.57 Å². The highest BCUT2D eigenvalue weighted by atomic mass is 127. The maximum atomic E-state index is 11.7. The number of halogens is 2. The summed E-state index contributed by atoms with van der Waals surface area (Å²) in [5.74, 6) is 0. The Morgan fingerprint density at radius 2 is 2.25 bits per heavy atom. The molecule has 3 rings (SSSR count). The lowest BCUT2D eigenvalue weighted by molar-refractivity contribution is -0.640. The predicted molar refractivity (Wildman–Crippen MR) is 67.2 cm³/mol. The maximum Gasteiger partial charge on any atom is 0.270 e. The summed E-state index contributed by atoms with van der Waals surface area (Å²) in [7, 11) is 0. The largest absolute Gasteiger partial charge is 0.594 e. The molecule has 80 valence electrons. The van der Waals surface area contributed by atoms with Crippen molar-refractivity contribution in [1.82, 2.24) is 14.7 Å². The van der Waals surface area contributed by atoms with Crippen molar-refractivity contribution >= 4 is 50.9 Å². The first-order valence-electron chi connectivity index (χ1n) is 4.39. The molecule has 0 aliphatic carbocycles. The summed E-state index contributed by atoms with van der Waals surface area (Å²) in [4.78, 5) is 0.588. The molecule has 0 amide bonds. The van der Waals surface area contributed by atoms with E-state index in [2.05, 4.69) is 32.8 Å². The molecule has 1 aromatic carbocycles. The monoisotopic (exact) mass is 346 g/mol. The highest BCUT2D eigenvalue weighted by molar-refractivity contribution is 14.1. The zero-order chi connectivity index (χ0) is 11.3. The molecule has 0 saturated carbocycles. The van der Waals surface area contributed by atoms with Crippen LogP contribution in [-0.4, -0.2) is 14.7 Å². The van der Waals surface area contributed by atoms with Gasteiger partial charge >= 0.3 is 0 Å². The zero-order valence-corrected chi connectivity index (χ0v) is 10.7. The van der Waals surface area contributed by atoms with Crippen molar-refractivity contribution in [1.29, 1.82) is 0 Å². The molecule has 2 heterocycles. The van der Waals surface area contributed by atoms with Crippen molar-refractivity contribution in [2.75, 3.05) is 0 Å². The van der Waals surface area contributed by atoms with Crippen molar-refractivity contribution in [2.24, 2.45) is 0 Å². The molecule has 0 saturated heterocycles. The molecular formula is C9H4ClIN4O. The van der Waals surface area contributed by atoms with Gasteiger partial charge in [0.2, 0.25) is 5.65 Å². The molecule has 0 radical (unpaired) electrons. The molecule has 3 aromatic rings. The number of hydrogen-bond donors (Lipinski definition) is 0. The van der Waals surface area contributed by atoms with Crippen molar-refractivity contribution < 1.29 is 4.85 Å². The molecule has 0 atom stereocenters. The number of hydrogen-bond acceptors (Lipinski definition) is 3. The fraction of sp³-hybridized carbons (Fsp3) is 0. The van der Waals surface area contributed by atoms with Gasteiger partial charge in [-0.25, -0.2) is 4.52 Å². The Balaban J connectivity index is 2.62. The Bertz CT molecular complexity index is 711. The molecule has 0 N–H and O–H groups in total. The molecule has 0 spiro atoms. The predicted octanol–water partition coefficient (Wildman–Crippen LogP) is 1.77. The fourth-order valence-electron chi connectivity index (χ4n) is 1.56. The number of fused-ring (bicyclic) bond motifs is 3. The summed E-state index contributed by atoms with van der Waals surface area (Å²) < 4.78 is 2.43. The van der Waals surface area contributed by atoms with Crippen LogP contribution in [0.4, 0.5) is 0 Å². The summed E-state index contributed by atoms with van der Waals surface area (Å²) in [6.45, 7) is 0. The number of benzene rings is 1. The maximum absolute atomic E-state index is 11.7. The van der Waals surface area contributed by atoms with Gasteiger partial charge in [0.15, 0.2) is 0 Å². The van der Waals surface area contributed by atoms with Gasteiger partial charge in [0.25, 0.3) is 5.52 Å². The minimum Gasteiger partial charge on any atom is -0.594 e. The van der Waals surface area contributed by atoms with Gasteiger partial charge in [-0.1, -0.05) is 11.6 Å². The van der Waals surface area contributed by atoms with Crippen LogP contribution in [0.15, 0.2) is 24.4 Å². The Hall–Kier alpha value is -1.15. The molecule has 0 bridgehead atoms. The normalized spacial score (nSPS) is 11.4. The second kappa shape index (κ2) is 3.42. The van der Waals surface area contributed by atoms with E-state index in [4.69, 9.17) is 11.6 Å². The standard InChI is InChI=1S/C9H4ClIN4O/c10-5-1-2-7-8(3-5)14-9(13-15(7)16)6(11)4-12-14/h1-4H. The number of rotatable bonds is 0. The summed E-state index contributed by atoms with van der Waals surface area (Å²) in [6, 6.07) is 4.98. The Morgan fingerprint density at radius 3 is 3.06 bits per heavy atom. The lowest BCUT2D eigenvalue weighted by Gasteiger charge is -2.01. The van der Waals surface area contributed by atoms with Crippen LogP contribution >= 0.6 is 34.2 Å². The second-order valence-corrected chi connectivity index (χ2v) is 4.83. The molecule has 0 aliphatic rings. The molecule has 5 nitrogen and oxygen atoms in total. The van der Waals surface area contributed by atoms with E-state index in [1.165, 1.54) is 0 Å². The van der Waals surface area contributed by atoms with Gasteiger partial charge in [-0.2, -0.15) is 5.10 Å². The molecular weight excluding hydrogens is 342 g/mol. The van der Waals surface area contributed by atoms with Gasteiger partial charge in [0.05, 0.1) is 9.77 Å². The van der Waals surface area contributed by atoms with Crippen LogP contribution < -0.4 is 4.85 Å². The molecule has 16 heavy (non-hydrogen) atoms. The van der Waals surface area contributed by atoms with Gasteiger partial charge in [-0.05, 0) is 39.6 Å². The van der Waals surface area contributed by atoms with Crippen LogP contribution in [0.3, 0.4) is 0 Å². The molecule has 7 heteroatoms. The fourth-order valence-corrected chi connectivity index (χ4v) is 2.18. The summed E-state index contributed by atoms with van der Waals surface area (Å²) in [6.07, 6.45) is 1.66. The third-order valence-electron chi connectivity index (χ3n) is 2.26. The summed E-state index contributed by atoms with van der Waals surface area (Å²) in [5, 5.41) is 20.3. The Morgan fingerprint density at radius 1 is 1.44 bits per heavy atom. The molecule has 0 unspecified atom stereocenters. The van der Waals surface area contributed by atoms with Gasteiger partial charge < -0.3 is 5.21 Å². The first-order valence-corrected chi connectivity index (χ1v) is 5.85. The molecule has 0 aliphatic heterocycles. The first-order chi connectivity index (χ1) is 7.66. The van der Waals surface area contributed by atoms with Crippen LogP contribution in [-0.2, 0) is 0 Å². The van der Waals surface area contributed by atoms with E-state index >= 15 is 0 Å². The van der Waals surface area contributed by atoms with E-state index in [0.29, 0.717) is 26.5 Å². The Kier molecular flexibility index (Phi) is 2.15. The van der Waals surface area contributed by atoms with Gasteiger partial charge in [-0.15, -0.1) is 0 Å². The average molecular weight is 347 g/mol. The summed E-state index contributed by atoms with van der Waals surface area (Å²) >= 11 is 7.98. The van der Waals surface area contributed by atoms with E-state index in [-0.39, 0.29) is 0 Å². The highest BCUT2D eigenvalue weighted by Crippen LogP contribution is 2.18. The van der Waals surface area contributed by atoms with Crippen LogP contribution in [0.1, 0.15) is 0 Å². The Labute approximate surface area is 108 Å². The van der Waals surface area contributed by atoms with E-state index in [1.54, 1.807) is 28.9 Å². The van der Waals surface area contributed by atoms with Crippen molar-refractivity contribution in [2.45, 2.75) is 0 Å². The molecule has 0 fully saturated rings. The van der Waals surface area contributed by atoms with Gasteiger partial charge in [0.1, 0.15) is 5.52 Å². The second-order valence-electron chi connectivity index (χ2n) is 3.23. The van der Waals surface area contributed by atoms with Crippen molar-refractivity contribution in [3.63, 3.8) is 0 Å². The lowest BCUT2D eigenvalue weighted by Crippen LogP contribution is -2.33.